The van der Waals surface area contributed by atoms with Crippen LogP contribution in [0.5, 0.6) is 0 Å². The lowest BCUT2D eigenvalue weighted by Gasteiger charge is -2.08. The van der Waals surface area contributed by atoms with Crippen LogP contribution in [0.25, 0.3) is 0 Å². The fourth-order valence-corrected chi connectivity index (χ4v) is 2.60. The van der Waals surface area contributed by atoms with Crippen LogP contribution < -0.4 is 10.9 Å². The summed E-state index contributed by atoms with van der Waals surface area (Å²) in [6.07, 6.45) is 5.01. The van der Waals surface area contributed by atoms with E-state index in [2.05, 4.69) is 11.4 Å². The van der Waals surface area contributed by atoms with Gasteiger partial charge in [0.05, 0.1) is 0 Å². The standard InChI is InChI=1S/C16H16N2O2/c19-15(11-18-9-2-1-6-16(18)20)17-14-8-7-12-4-3-5-13(12)10-14/h1-2,6-10H,3-5,11H2,(H,17,19). The molecule has 0 saturated carbocycles. The number of pyridine rings is 1. The Morgan fingerprint density at radius 2 is 2.00 bits per heavy atom. The zero-order valence-corrected chi connectivity index (χ0v) is 11.1. The Morgan fingerprint density at radius 1 is 1.15 bits per heavy atom. The van der Waals surface area contributed by atoms with E-state index in [0.29, 0.717) is 0 Å². The number of fused-ring (bicyclic) bond motifs is 1. The maximum Gasteiger partial charge on any atom is 0.250 e. The second-order valence-electron chi connectivity index (χ2n) is 5.05. The molecule has 2 aromatic rings. The number of carbonyl (C=O) groups is 1. The molecular formula is C16H16N2O2. The van der Waals surface area contributed by atoms with E-state index in [0.717, 1.165) is 18.5 Å². The van der Waals surface area contributed by atoms with Crippen LogP contribution in [-0.2, 0) is 24.2 Å². The zero-order chi connectivity index (χ0) is 13.9. The molecule has 4 heteroatoms. The van der Waals surface area contributed by atoms with Crippen molar-refractivity contribution in [3.05, 3.63) is 64.1 Å². The summed E-state index contributed by atoms with van der Waals surface area (Å²) >= 11 is 0. The monoisotopic (exact) mass is 268 g/mol. The minimum atomic E-state index is -0.184. The molecule has 1 aromatic carbocycles. The highest BCUT2D eigenvalue weighted by molar-refractivity contribution is 5.90. The third-order valence-electron chi connectivity index (χ3n) is 3.60. The van der Waals surface area contributed by atoms with Gasteiger partial charge in [-0.3, -0.25) is 9.59 Å². The number of aryl methyl sites for hydroxylation is 2. The van der Waals surface area contributed by atoms with Crippen LogP contribution >= 0.6 is 0 Å². The summed E-state index contributed by atoms with van der Waals surface area (Å²) in [5.41, 5.74) is 3.33. The van der Waals surface area contributed by atoms with Crippen molar-refractivity contribution in [3.63, 3.8) is 0 Å². The van der Waals surface area contributed by atoms with Gasteiger partial charge < -0.3 is 9.88 Å². The molecule has 0 spiro atoms. The van der Waals surface area contributed by atoms with Gasteiger partial charge in [0.15, 0.2) is 0 Å². The predicted molar refractivity (Wildman–Crippen MR) is 77.8 cm³/mol. The maximum absolute atomic E-state index is 12.0. The van der Waals surface area contributed by atoms with Crippen LogP contribution in [0, 0.1) is 0 Å². The molecule has 0 fully saturated rings. The summed E-state index contributed by atoms with van der Waals surface area (Å²) in [4.78, 5) is 23.5. The third kappa shape index (κ3) is 2.64. The van der Waals surface area contributed by atoms with E-state index in [-0.39, 0.29) is 18.0 Å². The zero-order valence-electron chi connectivity index (χ0n) is 11.1. The number of hydrogen-bond acceptors (Lipinski definition) is 2. The fourth-order valence-electron chi connectivity index (χ4n) is 2.60. The SMILES string of the molecule is O=C(Cn1ccccc1=O)Nc1ccc2c(c1)CCC2. The van der Waals surface area contributed by atoms with Crippen molar-refractivity contribution < 1.29 is 4.79 Å². The second kappa shape index (κ2) is 5.33. The molecule has 0 aliphatic heterocycles. The third-order valence-corrected chi connectivity index (χ3v) is 3.60. The molecule has 0 atom stereocenters. The van der Waals surface area contributed by atoms with E-state index < -0.39 is 0 Å². The van der Waals surface area contributed by atoms with E-state index in [1.165, 1.54) is 28.2 Å². The van der Waals surface area contributed by atoms with Gasteiger partial charge in [-0.1, -0.05) is 12.1 Å². The number of nitrogens with zero attached hydrogens (tertiary/aromatic N) is 1. The lowest BCUT2D eigenvalue weighted by molar-refractivity contribution is -0.116. The molecule has 0 unspecified atom stereocenters. The van der Waals surface area contributed by atoms with Gasteiger partial charge in [0.2, 0.25) is 5.91 Å². The van der Waals surface area contributed by atoms with E-state index in [1.54, 1.807) is 18.3 Å². The summed E-state index contributed by atoms with van der Waals surface area (Å²) in [5, 5.41) is 2.85. The Bertz CT molecular complexity index is 704. The molecule has 0 bridgehead atoms. The number of hydrogen-bond donors (Lipinski definition) is 1. The van der Waals surface area contributed by atoms with E-state index >= 15 is 0 Å². The van der Waals surface area contributed by atoms with Gasteiger partial charge in [0.25, 0.3) is 5.56 Å². The Kier molecular flexibility index (Phi) is 3.37. The van der Waals surface area contributed by atoms with E-state index in [1.807, 2.05) is 12.1 Å². The number of carbonyl (C=O) groups excluding carboxylic acids is 1. The van der Waals surface area contributed by atoms with Crippen molar-refractivity contribution in [1.82, 2.24) is 4.57 Å². The van der Waals surface area contributed by atoms with Gasteiger partial charge in [-0.2, -0.15) is 0 Å². The first-order valence-electron chi connectivity index (χ1n) is 6.79. The van der Waals surface area contributed by atoms with Crippen LogP contribution in [0.4, 0.5) is 5.69 Å². The molecule has 20 heavy (non-hydrogen) atoms. The molecule has 1 aromatic heterocycles. The predicted octanol–water partition coefficient (Wildman–Crippen LogP) is 1.98. The summed E-state index contributed by atoms with van der Waals surface area (Å²) in [5.74, 6) is -0.184. The van der Waals surface area contributed by atoms with Crippen LogP contribution in [0.3, 0.4) is 0 Å². The first-order chi connectivity index (χ1) is 9.72. The Labute approximate surface area is 117 Å². The van der Waals surface area contributed by atoms with Crippen molar-refractivity contribution in [2.24, 2.45) is 0 Å². The highest BCUT2D eigenvalue weighted by Gasteiger charge is 2.12. The lowest BCUT2D eigenvalue weighted by Crippen LogP contribution is -2.26. The van der Waals surface area contributed by atoms with Gasteiger partial charge in [0.1, 0.15) is 6.54 Å². The van der Waals surface area contributed by atoms with Crippen LogP contribution in [0.1, 0.15) is 17.5 Å². The molecule has 3 rings (SSSR count). The van der Waals surface area contributed by atoms with Crippen molar-refractivity contribution in [1.29, 1.82) is 0 Å². The Balaban J connectivity index is 1.70. The Hall–Kier alpha value is -2.36. The van der Waals surface area contributed by atoms with Crippen molar-refractivity contribution in [2.45, 2.75) is 25.8 Å². The van der Waals surface area contributed by atoms with Crippen LogP contribution in [0.2, 0.25) is 0 Å². The first kappa shape index (κ1) is 12.7. The summed E-state index contributed by atoms with van der Waals surface area (Å²) in [7, 11) is 0. The quantitative estimate of drug-likeness (QED) is 0.925. The number of aromatic nitrogens is 1. The number of nitrogens with one attached hydrogen (secondary N) is 1. The van der Waals surface area contributed by atoms with Gasteiger partial charge in [0, 0.05) is 18.0 Å². The molecule has 0 radical (unpaired) electrons. The molecule has 1 aliphatic rings. The molecule has 1 aliphatic carbocycles. The summed E-state index contributed by atoms with van der Waals surface area (Å²) < 4.78 is 1.39. The largest absolute Gasteiger partial charge is 0.325 e. The number of rotatable bonds is 3. The lowest BCUT2D eigenvalue weighted by atomic mass is 10.1. The molecular weight excluding hydrogens is 252 g/mol. The van der Waals surface area contributed by atoms with Crippen molar-refractivity contribution in [3.8, 4) is 0 Å². The molecule has 1 heterocycles. The van der Waals surface area contributed by atoms with Crippen LogP contribution in [-0.4, -0.2) is 10.5 Å². The van der Waals surface area contributed by atoms with Gasteiger partial charge >= 0.3 is 0 Å². The smallest absolute Gasteiger partial charge is 0.250 e. The Morgan fingerprint density at radius 3 is 2.85 bits per heavy atom. The fraction of sp³-hybridized carbons (Fsp3) is 0.250. The average molecular weight is 268 g/mol. The van der Waals surface area contributed by atoms with E-state index in [9.17, 15) is 9.59 Å². The molecule has 0 saturated heterocycles. The molecule has 1 amide bonds. The van der Waals surface area contributed by atoms with Gasteiger partial charge in [-0.25, -0.2) is 0 Å². The second-order valence-corrected chi connectivity index (χ2v) is 5.05. The number of benzene rings is 1. The molecule has 1 N–H and O–H groups in total. The minimum Gasteiger partial charge on any atom is -0.325 e. The van der Waals surface area contributed by atoms with E-state index in [4.69, 9.17) is 0 Å². The topological polar surface area (TPSA) is 51.1 Å². The molecule has 4 nitrogen and oxygen atoms in total. The average Bonchev–Trinajstić information content (AvgIpc) is 2.89. The highest BCUT2D eigenvalue weighted by atomic mass is 16.2. The summed E-state index contributed by atoms with van der Waals surface area (Å²) in [6, 6.07) is 10.9. The maximum atomic E-state index is 12.0. The minimum absolute atomic E-state index is 0.0385. The summed E-state index contributed by atoms with van der Waals surface area (Å²) in [6.45, 7) is 0.0385. The van der Waals surface area contributed by atoms with Crippen molar-refractivity contribution >= 4 is 11.6 Å². The first-order valence-corrected chi connectivity index (χ1v) is 6.79. The highest BCUT2D eigenvalue weighted by Crippen LogP contribution is 2.24. The van der Waals surface area contributed by atoms with Crippen LogP contribution in [0.15, 0.2) is 47.4 Å². The normalized spacial score (nSPS) is 13.0. The van der Waals surface area contributed by atoms with Gasteiger partial charge in [-0.15, -0.1) is 0 Å². The van der Waals surface area contributed by atoms with Gasteiger partial charge in [-0.05, 0) is 48.6 Å². The van der Waals surface area contributed by atoms with Crippen molar-refractivity contribution in [2.75, 3.05) is 5.32 Å². The number of anilines is 1. The molecule has 102 valence electrons. The number of amides is 1.